The highest BCUT2D eigenvalue weighted by atomic mass is 32.2. The van der Waals surface area contributed by atoms with Crippen LogP contribution in [-0.4, -0.2) is 43.9 Å². The minimum atomic E-state index is -3.21. The van der Waals surface area contributed by atoms with E-state index in [1.54, 1.807) is 12.1 Å². The van der Waals surface area contributed by atoms with Gasteiger partial charge in [-0.2, -0.15) is 0 Å². The summed E-state index contributed by atoms with van der Waals surface area (Å²) >= 11 is 0. The lowest BCUT2D eigenvalue weighted by molar-refractivity contribution is -0.219. The summed E-state index contributed by atoms with van der Waals surface area (Å²) in [5.41, 5.74) is 4.95. The van der Waals surface area contributed by atoms with Crippen LogP contribution in [0.5, 0.6) is 0 Å². The Balaban J connectivity index is 1.28. The number of hydrogen-bond acceptors (Lipinski definition) is 4. The normalized spacial score (nSPS) is 40.1. The van der Waals surface area contributed by atoms with E-state index >= 15 is 0 Å². The van der Waals surface area contributed by atoms with Crippen molar-refractivity contribution in [3.63, 3.8) is 0 Å². The van der Waals surface area contributed by atoms with Gasteiger partial charge in [-0.3, -0.25) is 0 Å². The largest absolute Gasteiger partial charge is 0.478 e. The minimum Gasteiger partial charge on any atom is -0.478 e. The van der Waals surface area contributed by atoms with Crippen molar-refractivity contribution in [3.8, 4) is 0 Å². The average Bonchev–Trinajstić information content (AvgIpc) is 3.40. The molecule has 3 unspecified atom stereocenters. The van der Waals surface area contributed by atoms with Gasteiger partial charge in [-0.05, 0) is 146 Å². The Kier molecular flexibility index (Phi) is 9.24. The van der Waals surface area contributed by atoms with Crippen molar-refractivity contribution in [2.75, 3.05) is 18.8 Å². The summed E-state index contributed by atoms with van der Waals surface area (Å²) < 4.78 is 27.6. The highest BCUT2D eigenvalue weighted by Crippen LogP contribution is 2.76. The van der Waals surface area contributed by atoms with Crippen molar-refractivity contribution < 1.29 is 18.3 Å². The second-order valence-electron chi connectivity index (χ2n) is 17.9. The van der Waals surface area contributed by atoms with Crippen molar-refractivity contribution in [3.05, 3.63) is 53.6 Å². The third kappa shape index (κ3) is 5.48. The Morgan fingerprint density at radius 1 is 0.917 bits per heavy atom. The number of fused-ring (bicyclic) bond motifs is 7. The maximum atomic E-state index is 12.4. The molecule has 5 aliphatic carbocycles. The lowest BCUT2D eigenvalue weighted by atomic mass is 9.33. The second-order valence-corrected chi connectivity index (χ2v) is 19.8. The number of allylic oxidation sites excluding steroid dienone is 3. The van der Waals surface area contributed by atoms with Crippen LogP contribution in [-0.2, 0) is 10.0 Å². The van der Waals surface area contributed by atoms with Gasteiger partial charge in [0.1, 0.15) is 0 Å². The molecule has 4 fully saturated rings. The van der Waals surface area contributed by atoms with Gasteiger partial charge in [0.2, 0.25) is 10.0 Å². The maximum Gasteiger partial charge on any atom is 0.335 e. The van der Waals surface area contributed by atoms with Crippen molar-refractivity contribution in [2.24, 2.45) is 51.2 Å². The molecule has 0 saturated heterocycles. The van der Waals surface area contributed by atoms with E-state index in [0.29, 0.717) is 54.7 Å². The first-order valence-corrected chi connectivity index (χ1v) is 20.5. The van der Waals surface area contributed by atoms with E-state index in [1.165, 1.54) is 49.7 Å². The van der Waals surface area contributed by atoms with Gasteiger partial charge in [0.05, 0.1) is 11.3 Å². The molecule has 0 bridgehead atoms. The van der Waals surface area contributed by atoms with Crippen LogP contribution in [0.1, 0.15) is 129 Å². The zero-order valence-corrected chi connectivity index (χ0v) is 31.6. The molecule has 0 amide bonds. The number of carboxylic acid groups (broad SMARTS) is 1. The van der Waals surface area contributed by atoms with Crippen molar-refractivity contribution >= 4 is 21.6 Å². The Hall–Kier alpha value is -1.96. The molecule has 7 heteroatoms. The van der Waals surface area contributed by atoms with Crippen LogP contribution in [0.4, 0.5) is 0 Å². The smallest absolute Gasteiger partial charge is 0.335 e. The zero-order chi connectivity index (χ0) is 34.9. The lowest BCUT2D eigenvalue weighted by Gasteiger charge is -2.72. The summed E-state index contributed by atoms with van der Waals surface area (Å²) in [6.45, 7) is 22.7. The highest BCUT2D eigenvalue weighted by molar-refractivity contribution is 7.89. The van der Waals surface area contributed by atoms with Gasteiger partial charge < -0.3 is 10.4 Å². The zero-order valence-electron chi connectivity index (χ0n) is 30.8. The van der Waals surface area contributed by atoms with Crippen LogP contribution in [0.15, 0.2) is 42.5 Å². The summed E-state index contributed by atoms with van der Waals surface area (Å²) in [5, 5.41) is 13.5. The van der Waals surface area contributed by atoms with Crippen molar-refractivity contribution in [1.82, 2.24) is 10.0 Å². The van der Waals surface area contributed by atoms with Crippen molar-refractivity contribution in [1.29, 1.82) is 0 Å². The molecule has 1 aromatic rings. The number of aromatic carboxylic acids is 1. The third-order valence-corrected chi connectivity index (χ3v) is 17.1. The molecule has 0 radical (unpaired) electrons. The molecular weight excluding hydrogens is 617 g/mol. The summed E-state index contributed by atoms with van der Waals surface area (Å²) in [4.78, 5) is 11.5. The summed E-state index contributed by atoms with van der Waals surface area (Å²) in [7, 11) is -3.21. The maximum absolute atomic E-state index is 12.4. The second kappa shape index (κ2) is 12.4. The molecule has 0 aliphatic heterocycles. The predicted octanol–water partition coefficient (Wildman–Crippen LogP) is 8.71. The SMILES string of the molecule is C=C(C)[C@@H]1CC[C@]2(NCCNS(=O)(=O)CCC)CC[C@]3(C)[C@H](CCC4[C@@]5(C)CC=C(c6ccc(C(=O)O)cc6)C(C)(C)C5CC[C@]43C)C12. The number of nitrogens with one attached hydrogen (secondary N) is 2. The third-order valence-electron chi connectivity index (χ3n) is 15.5. The molecule has 1 aromatic carbocycles. The van der Waals surface area contributed by atoms with E-state index in [2.05, 4.69) is 64.2 Å². The number of benzene rings is 1. The fraction of sp³-hybridized carbons (Fsp3) is 0.732. The molecule has 5 aliphatic rings. The first kappa shape index (κ1) is 35.9. The molecule has 0 spiro atoms. The molecule has 6 rings (SSSR count). The van der Waals surface area contributed by atoms with Crippen molar-refractivity contribution in [2.45, 2.75) is 118 Å². The van der Waals surface area contributed by atoms with Gasteiger partial charge in [-0.15, -0.1) is 0 Å². The van der Waals surface area contributed by atoms with E-state index in [-0.39, 0.29) is 33.0 Å². The van der Waals surface area contributed by atoms with Crippen LogP contribution < -0.4 is 10.0 Å². The first-order valence-electron chi connectivity index (χ1n) is 18.9. The van der Waals surface area contributed by atoms with Crippen LogP contribution in [0, 0.1) is 51.2 Å². The van der Waals surface area contributed by atoms with Crippen LogP contribution in [0.25, 0.3) is 5.57 Å². The van der Waals surface area contributed by atoms with Crippen LogP contribution in [0.2, 0.25) is 0 Å². The quantitative estimate of drug-likeness (QED) is 0.170. The Morgan fingerprint density at radius 2 is 1.62 bits per heavy atom. The standard InChI is InChI=1S/C41H62N2O4S/c1-9-26-48(46,47)43-25-24-42-41-21-16-30(27(2)3)35(41)32-14-15-34-38(6)19-17-31(28-10-12-29(13-11-28)36(44)45)37(4,5)33(38)18-20-40(34,8)39(32,7)22-23-41/h10-13,17,30,32-35,42-43H,2,9,14-16,18-26H2,1,3-8H3,(H,44,45)/t30-,32+,33?,34?,35?,38-,39+,40+,41-/m0/s1. The van der Waals surface area contributed by atoms with E-state index in [9.17, 15) is 18.3 Å². The molecular formula is C41H62N2O4S. The number of carbonyl (C=O) groups is 1. The fourth-order valence-corrected chi connectivity index (χ4v) is 14.3. The van der Waals surface area contributed by atoms with Gasteiger partial charge in [-0.25, -0.2) is 17.9 Å². The summed E-state index contributed by atoms with van der Waals surface area (Å²) in [6.07, 6.45) is 13.9. The summed E-state index contributed by atoms with van der Waals surface area (Å²) in [5.74, 6) is 2.19. The molecule has 0 aromatic heterocycles. The van der Waals surface area contributed by atoms with E-state index < -0.39 is 16.0 Å². The van der Waals surface area contributed by atoms with Gasteiger partial charge in [0.15, 0.2) is 0 Å². The molecule has 6 nitrogen and oxygen atoms in total. The Morgan fingerprint density at radius 3 is 2.27 bits per heavy atom. The number of rotatable bonds is 10. The first-order chi connectivity index (χ1) is 22.5. The number of hydrogen-bond donors (Lipinski definition) is 3. The minimum absolute atomic E-state index is 0.00237. The highest BCUT2D eigenvalue weighted by Gasteiger charge is 2.70. The monoisotopic (exact) mass is 678 g/mol. The van der Waals surface area contributed by atoms with Crippen LogP contribution >= 0.6 is 0 Å². The van der Waals surface area contributed by atoms with Crippen LogP contribution in [0.3, 0.4) is 0 Å². The number of carboxylic acids is 1. The molecule has 9 atom stereocenters. The van der Waals surface area contributed by atoms with Gasteiger partial charge >= 0.3 is 5.97 Å². The van der Waals surface area contributed by atoms with E-state index in [1.807, 2.05) is 19.1 Å². The lowest BCUT2D eigenvalue weighted by Crippen LogP contribution is -2.68. The van der Waals surface area contributed by atoms with Gasteiger partial charge in [-0.1, -0.05) is 71.9 Å². The molecule has 4 saturated carbocycles. The van der Waals surface area contributed by atoms with E-state index in [4.69, 9.17) is 0 Å². The average molecular weight is 679 g/mol. The van der Waals surface area contributed by atoms with Gasteiger partial charge in [0.25, 0.3) is 0 Å². The fourth-order valence-electron chi connectivity index (χ4n) is 13.2. The van der Waals surface area contributed by atoms with E-state index in [0.717, 1.165) is 24.8 Å². The molecule has 266 valence electrons. The Labute approximate surface area is 291 Å². The van der Waals surface area contributed by atoms with Gasteiger partial charge in [0, 0.05) is 18.6 Å². The Bertz CT molecular complexity index is 1560. The molecule has 48 heavy (non-hydrogen) atoms. The topological polar surface area (TPSA) is 95.5 Å². The molecule has 3 N–H and O–H groups in total. The molecule has 0 heterocycles. The number of sulfonamides is 1. The summed E-state index contributed by atoms with van der Waals surface area (Å²) in [6, 6.07) is 7.54. The predicted molar refractivity (Wildman–Crippen MR) is 196 cm³/mol.